The minimum atomic E-state index is -3.52. The SMILES string of the molecule is CS(=O)(=O)Nc1cc(Cl)cc(NC(=O)c2cnn(-c3ncccc3OCc3cncc(F)c3)c2)c1. The molecule has 0 aliphatic carbocycles. The summed E-state index contributed by atoms with van der Waals surface area (Å²) in [6.45, 7) is 0.0523. The maximum Gasteiger partial charge on any atom is 0.258 e. The molecule has 0 aliphatic rings. The molecule has 0 bridgehead atoms. The number of anilines is 2. The highest BCUT2D eigenvalue weighted by atomic mass is 35.5. The molecule has 3 aromatic heterocycles. The summed E-state index contributed by atoms with van der Waals surface area (Å²) in [7, 11) is -3.52. The van der Waals surface area contributed by atoms with Crippen molar-refractivity contribution in [2.75, 3.05) is 16.3 Å². The van der Waals surface area contributed by atoms with Gasteiger partial charge < -0.3 is 10.1 Å². The summed E-state index contributed by atoms with van der Waals surface area (Å²) in [6.07, 6.45) is 7.92. The Bertz CT molecular complexity index is 1490. The third-order valence-electron chi connectivity index (χ3n) is 4.43. The Labute approximate surface area is 204 Å². The van der Waals surface area contributed by atoms with Crippen LogP contribution in [0.3, 0.4) is 0 Å². The number of ether oxygens (including phenoxy) is 1. The number of hydrogen-bond acceptors (Lipinski definition) is 7. The van der Waals surface area contributed by atoms with Gasteiger partial charge in [0.05, 0.1) is 29.9 Å². The van der Waals surface area contributed by atoms with Crippen LogP contribution in [0, 0.1) is 5.82 Å². The summed E-state index contributed by atoms with van der Waals surface area (Å²) in [5, 5.41) is 7.07. The van der Waals surface area contributed by atoms with Crippen LogP contribution in [0.2, 0.25) is 5.02 Å². The predicted molar refractivity (Wildman–Crippen MR) is 128 cm³/mol. The van der Waals surface area contributed by atoms with E-state index in [1.54, 1.807) is 12.1 Å². The van der Waals surface area contributed by atoms with Crippen molar-refractivity contribution in [3.63, 3.8) is 0 Å². The highest BCUT2D eigenvalue weighted by molar-refractivity contribution is 7.92. The van der Waals surface area contributed by atoms with Crippen molar-refractivity contribution in [1.82, 2.24) is 19.7 Å². The molecule has 13 heteroatoms. The van der Waals surface area contributed by atoms with Crippen LogP contribution in [0.15, 0.2) is 67.4 Å². The van der Waals surface area contributed by atoms with Crippen molar-refractivity contribution < 1.29 is 22.3 Å². The minimum Gasteiger partial charge on any atom is -0.485 e. The van der Waals surface area contributed by atoms with E-state index in [9.17, 15) is 17.6 Å². The predicted octanol–water partition coefficient (Wildman–Crippen LogP) is 3.66. The molecular weight excluding hydrogens is 499 g/mol. The second-order valence-corrected chi connectivity index (χ2v) is 9.54. The molecule has 0 aliphatic heterocycles. The van der Waals surface area contributed by atoms with Crippen LogP contribution in [0.5, 0.6) is 5.75 Å². The molecule has 0 saturated carbocycles. The first-order chi connectivity index (χ1) is 16.7. The van der Waals surface area contributed by atoms with Gasteiger partial charge in [0.2, 0.25) is 10.0 Å². The third-order valence-corrected chi connectivity index (χ3v) is 5.25. The summed E-state index contributed by atoms with van der Waals surface area (Å²) in [5.74, 6) is -0.302. The Morgan fingerprint density at radius 3 is 2.74 bits per heavy atom. The van der Waals surface area contributed by atoms with Crippen molar-refractivity contribution in [1.29, 1.82) is 0 Å². The molecule has 35 heavy (non-hydrogen) atoms. The van der Waals surface area contributed by atoms with Gasteiger partial charge in [0.25, 0.3) is 5.91 Å². The van der Waals surface area contributed by atoms with Gasteiger partial charge in [-0.25, -0.2) is 22.5 Å². The van der Waals surface area contributed by atoms with Gasteiger partial charge in [-0.05, 0) is 36.4 Å². The number of amides is 1. The molecule has 2 N–H and O–H groups in total. The molecule has 1 amide bonds. The Hall–Kier alpha value is -4.03. The number of rotatable bonds is 8. The fourth-order valence-electron chi connectivity index (χ4n) is 3.06. The lowest BCUT2D eigenvalue weighted by Crippen LogP contribution is -2.13. The van der Waals surface area contributed by atoms with Gasteiger partial charge in [0, 0.05) is 34.9 Å². The van der Waals surface area contributed by atoms with Crippen LogP contribution < -0.4 is 14.8 Å². The Morgan fingerprint density at radius 2 is 1.97 bits per heavy atom. The zero-order chi connectivity index (χ0) is 25.0. The lowest BCUT2D eigenvalue weighted by molar-refractivity contribution is 0.102. The van der Waals surface area contributed by atoms with Gasteiger partial charge in [0.1, 0.15) is 12.4 Å². The zero-order valence-electron chi connectivity index (χ0n) is 18.1. The highest BCUT2D eigenvalue weighted by Gasteiger charge is 2.15. The molecule has 3 heterocycles. The molecular formula is C22H18ClFN6O4S. The summed E-state index contributed by atoms with van der Waals surface area (Å²) in [5.41, 5.74) is 1.22. The van der Waals surface area contributed by atoms with E-state index in [2.05, 4.69) is 25.1 Å². The van der Waals surface area contributed by atoms with Gasteiger partial charge >= 0.3 is 0 Å². The topological polar surface area (TPSA) is 128 Å². The summed E-state index contributed by atoms with van der Waals surface area (Å²) >= 11 is 6.04. The first kappa shape index (κ1) is 24.1. The highest BCUT2D eigenvalue weighted by Crippen LogP contribution is 2.25. The zero-order valence-corrected chi connectivity index (χ0v) is 19.7. The molecule has 0 radical (unpaired) electrons. The molecule has 4 rings (SSSR count). The van der Waals surface area contributed by atoms with E-state index in [4.69, 9.17) is 16.3 Å². The van der Waals surface area contributed by atoms with E-state index in [-0.39, 0.29) is 28.6 Å². The average Bonchev–Trinajstić information content (AvgIpc) is 3.27. The second-order valence-electron chi connectivity index (χ2n) is 7.36. The van der Waals surface area contributed by atoms with E-state index in [1.165, 1.54) is 53.7 Å². The number of carbonyl (C=O) groups excluding carboxylic acids is 1. The van der Waals surface area contributed by atoms with Crippen molar-refractivity contribution >= 4 is 38.9 Å². The lowest BCUT2D eigenvalue weighted by atomic mass is 10.2. The van der Waals surface area contributed by atoms with Crippen LogP contribution in [-0.4, -0.2) is 40.3 Å². The Morgan fingerprint density at radius 1 is 1.17 bits per heavy atom. The summed E-state index contributed by atoms with van der Waals surface area (Å²) in [4.78, 5) is 20.8. The molecule has 1 aromatic carbocycles. The molecule has 10 nitrogen and oxygen atoms in total. The molecule has 0 atom stereocenters. The number of halogens is 2. The number of pyridine rings is 2. The minimum absolute atomic E-state index is 0.0523. The first-order valence-electron chi connectivity index (χ1n) is 9.98. The Balaban J connectivity index is 1.50. The standard InChI is InChI=1S/C22H18ClFN6O4S/c1-35(32,33)29-19-7-16(23)6-18(8-19)28-22(31)15-10-27-30(12-15)21-20(3-2-4-26-21)34-13-14-5-17(24)11-25-9-14/h2-12,29H,13H2,1H3,(H,28,31). The van der Waals surface area contributed by atoms with Crippen molar-refractivity contribution in [2.24, 2.45) is 0 Å². The summed E-state index contributed by atoms with van der Waals surface area (Å²) in [6, 6.07) is 8.97. The quantitative estimate of drug-likeness (QED) is 0.365. The van der Waals surface area contributed by atoms with E-state index < -0.39 is 21.7 Å². The normalized spacial score (nSPS) is 11.2. The molecule has 0 fully saturated rings. The third kappa shape index (κ3) is 6.52. The van der Waals surface area contributed by atoms with Crippen LogP contribution in [0.1, 0.15) is 15.9 Å². The summed E-state index contributed by atoms with van der Waals surface area (Å²) < 4.78 is 45.8. The first-order valence-corrected chi connectivity index (χ1v) is 12.3. The maximum atomic E-state index is 13.4. The van der Waals surface area contributed by atoms with E-state index in [0.29, 0.717) is 17.1 Å². The van der Waals surface area contributed by atoms with Gasteiger partial charge in [0.15, 0.2) is 11.6 Å². The number of nitrogens with zero attached hydrogens (tertiary/aromatic N) is 4. The molecule has 0 saturated heterocycles. The van der Waals surface area contributed by atoms with Crippen LogP contribution >= 0.6 is 11.6 Å². The average molecular weight is 517 g/mol. The number of benzene rings is 1. The number of aromatic nitrogens is 4. The number of hydrogen-bond donors (Lipinski definition) is 2. The number of nitrogens with one attached hydrogen (secondary N) is 2. The maximum absolute atomic E-state index is 13.4. The Kier molecular flexibility index (Phi) is 6.94. The fourth-order valence-corrected chi connectivity index (χ4v) is 3.84. The monoisotopic (exact) mass is 516 g/mol. The molecule has 180 valence electrons. The molecule has 4 aromatic rings. The number of carbonyl (C=O) groups is 1. The van der Waals surface area contributed by atoms with Gasteiger partial charge in [-0.15, -0.1) is 0 Å². The van der Waals surface area contributed by atoms with Gasteiger partial charge in [-0.2, -0.15) is 5.10 Å². The molecule has 0 unspecified atom stereocenters. The molecule has 0 spiro atoms. The van der Waals surface area contributed by atoms with Gasteiger partial charge in [-0.3, -0.25) is 14.5 Å². The number of sulfonamides is 1. The van der Waals surface area contributed by atoms with E-state index in [1.807, 2.05) is 0 Å². The van der Waals surface area contributed by atoms with Crippen LogP contribution in [0.4, 0.5) is 15.8 Å². The largest absolute Gasteiger partial charge is 0.485 e. The van der Waals surface area contributed by atoms with Gasteiger partial charge in [-0.1, -0.05) is 11.6 Å². The fraction of sp³-hybridized carbons (Fsp3) is 0.0909. The van der Waals surface area contributed by atoms with Crippen molar-refractivity contribution in [2.45, 2.75) is 6.61 Å². The van der Waals surface area contributed by atoms with Crippen LogP contribution in [-0.2, 0) is 16.6 Å². The van der Waals surface area contributed by atoms with E-state index in [0.717, 1.165) is 12.5 Å². The van der Waals surface area contributed by atoms with Crippen LogP contribution in [0.25, 0.3) is 5.82 Å². The van der Waals surface area contributed by atoms with Crippen molar-refractivity contribution in [3.8, 4) is 11.6 Å². The lowest BCUT2D eigenvalue weighted by Gasteiger charge is -2.10. The van der Waals surface area contributed by atoms with E-state index >= 15 is 0 Å². The smallest absolute Gasteiger partial charge is 0.258 e. The van der Waals surface area contributed by atoms with Crippen molar-refractivity contribution in [3.05, 3.63) is 89.3 Å². The second kappa shape index (κ2) is 10.1.